The van der Waals surface area contributed by atoms with Crippen molar-refractivity contribution in [3.8, 4) is 0 Å². The Kier molecular flexibility index (Phi) is 7.74. The molecule has 4 N–H and O–H groups in total. The minimum Gasteiger partial charge on any atom is -0.378 e. The van der Waals surface area contributed by atoms with Crippen molar-refractivity contribution in [2.24, 2.45) is 5.73 Å². The highest BCUT2D eigenvalue weighted by molar-refractivity contribution is 5.89. The molecule has 1 rings (SSSR count). The molecule has 1 atom stereocenters. The Labute approximate surface area is 126 Å². The van der Waals surface area contributed by atoms with Gasteiger partial charge in [0.25, 0.3) is 0 Å². The highest BCUT2D eigenvalue weighted by Crippen LogP contribution is 2.15. The summed E-state index contributed by atoms with van der Waals surface area (Å²) in [6.45, 7) is 4.42. The Hall–Kier alpha value is -1.63. The molecule has 118 valence electrons. The summed E-state index contributed by atoms with van der Waals surface area (Å²) in [5.74, 6) is 0. The molecule has 0 aliphatic heterocycles. The summed E-state index contributed by atoms with van der Waals surface area (Å²) in [6, 6.07) is 7.22. The van der Waals surface area contributed by atoms with E-state index >= 15 is 0 Å². The molecule has 0 heterocycles. The van der Waals surface area contributed by atoms with E-state index in [9.17, 15) is 4.79 Å². The lowest BCUT2D eigenvalue weighted by atomic mass is 10.1. The van der Waals surface area contributed by atoms with Crippen LogP contribution in [0.25, 0.3) is 0 Å². The predicted octanol–water partition coefficient (Wildman–Crippen LogP) is 1.41. The van der Waals surface area contributed by atoms with Crippen molar-refractivity contribution in [1.29, 1.82) is 0 Å². The molecule has 0 saturated heterocycles. The third-order valence-corrected chi connectivity index (χ3v) is 2.89. The van der Waals surface area contributed by atoms with Gasteiger partial charge < -0.3 is 26.0 Å². The van der Waals surface area contributed by atoms with Crippen LogP contribution in [0.15, 0.2) is 24.3 Å². The van der Waals surface area contributed by atoms with Gasteiger partial charge >= 0.3 is 6.03 Å². The molecule has 0 aromatic heterocycles. The Bertz CT molecular complexity index is 435. The van der Waals surface area contributed by atoms with Crippen molar-refractivity contribution in [3.63, 3.8) is 0 Å². The number of carbonyl (C=O) groups is 1. The number of ether oxygens (including phenoxy) is 1. The fraction of sp³-hybridized carbons (Fsp3) is 0.533. The Morgan fingerprint density at radius 3 is 2.81 bits per heavy atom. The number of hydrogen-bond donors (Lipinski definition) is 3. The van der Waals surface area contributed by atoms with Gasteiger partial charge in [-0.05, 0) is 38.7 Å². The first kappa shape index (κ1) is 17.4. The van der Waals surface area contributed by atoms with E-state index in [0.717, 1.165) is 17.8 Å². The molecule has 6 nitrogen and oxygen atoms in total. The molecule has 2 amide bonds. The van der Waals surface area contributed by atoms with Gasteiger partial charge in [-0.25, -0.2) is 4.79 Å². The second-order valence-electron chi connectivity index (χ2n) is 5.21. The summed E-state index contributed by atoms with van der Waals surface area (Å²) in [7, 11) is 3.98. The summed E-state index contributed by atoms with van der Waals surface area (Å²) < 4.78 is 5.39. The number of nitrogens with one attached hydrogen (secondary N) is 2. The van der Waals surface area contributed by atoms with Crippen LogP contribution in [0.1, 0.15) is 18.5 Å². The number of amides is 2. The maximum atomic E-state index is 11.7. The number of urea groups is 1. The van der Waals surface area contributed by atoms with E-state index in [1.54, 1.807) is 0 Å². The lowest BCUT2D eigenvalue weighted by Crippen LogP contribution is -2.32. The Balaban J connectivity index is 2.23. The average molecular weight is 294 g/mol. The third kappa shape index (κ3) is 7.65. The van der Waals surface area contributed by atoms with Crippen LogP contribution >= 0.6 is 0 Å². The van der Waals surface area contributed by atoms with E-state index in [1.807, 2.05) is 50.2 Å². The van der Waals surface area contributed by atoms with Crippen molar-refractivity contribution in [2.45, 2.75) is 13.0 Å². The number of carbonyl (C=O) groups excluding carboxylic acids is 1. The topological polar surface area (TPSA) is 79.6 Å². The van der Waals surface area contributed by atoms with E-state index in [1.165, 1.54) is 0 Å². The molecule has 0 aliphatic carbocycles. The third-order valence-electron chi connectivity index (χ3n) is 2.89. The summed E-state index contributed by atoms with van der Waals surface area (Å²) >= 11 is 0. The highest BCUT2D eigenvalue weighted by Gasteiger charge is 2.04. The van der Waals surface area contributed by atoms with E-state index < -0.39 is 0 Å². The van der Waals surface area contributed by atoms with Gasteiger partial charge in [0, 0.05) is 24.8 Å². The number of nitrogens with two attached hydrogens (primary N) is 1. The molecule has 1 aromatic carbocycles. The van der Waals surface area contributed by atoms with Gasteiger partial charge in [0.2, 0.25) is 0 Å². The Morgan fingerprint density at radius 2 is 2.14 bits per heavy atom. The second-order valence-corrected chi connectivity index (χ2v) is 5.21. The monoisotopic (exact) mass is 294 g/mol. The van der Waals surface area contributed by atoms with E-state index in [0.29, 0.717) is 19.8 Å². The number of benzene rings is 1. The minimum atomic E-state index is -0.243. The molecule has 0 spiro atoms. The lowest BCUT2D eigenvalue weighted by molar-refractivity contribution is 0.120. The smallest absolute Gasteiger partial charge is 0.319 e. The predicted molar refractivity (Wildman–Crippen MR) is 85.4 cm³/mol. The molecular weight excluding hydrogens is 268 g/mol. The maximum Gasteiger partial charge on any atom is 0.319 e. The van der Waals surface area contributed by atoms with Crippen LogP contribution in [0.3, 0.4) is 0 Å². The van der Waals surface area contributed by atoms with Gasteiger partial charge in [0.1, 0.15) is 0 Å². The van der Waals surface area contributed by atoms with Crippen LogP contribution in [-0.2, 0) is 4.74 Å². The SMILES string of the molecule is CC(N)c1cccc(NC(=O)NCCOCCN(C)C)c1. The maximum absolute atomic E-state index is 11.7. The van der Waals surface area contributed by atoms with Crippen LogP contribution in [0.4, 0.5) is 10.5 Å². The largest absolute Gasteiger partial charge is 0.378 e. The van der Waals surface area contributed by atoms with Gasteiger partial charge in [-0.2, -0.15) is 0 Å². The van der Waals surface area contributed by atoms with Crippen molar-refractivity contribution in [1.82, 2.24) is 10.2 Å². The van der Waals surface area contributed by atoms with Crippen LogP contribution in [0, 0.1) is 0 Å². The summed E-state index contributed by atoms with van der Waals surface area (Å²) in [5.41, 5.74) is 7.53. The van der Waals surface area contributed by atoms with Crippen molar-refractivity contribution in [2.75, 3.05) is 45.7 Å². The standard InChI is InChI=1S/C15H26N4O2/c1-12(16)13-5-4-6-14(11-13)18-15(20)17-7-9-21-10-8-19(2)3/h4-6,11-12H,7-10,16H2,1-3H3,(H2,17,18,20). The van der Waals surface area contributed by atoms with Crippen LogP contribution < -0.4 is 16.4 Å². The molecule has 1 unspecified atom stereocenters. The van der Waals surface area contributed by atoms with Gasteiger partial charge in [-0.1, -0.05) is 12.1 Å². The van der Waals surface area contributed by atoms with E-state index in [4.69, 9.17) is 10.5 Å². The number of anilines is 1. The first-order chi connectivity index (χ1) is 9.99. The van der Waals surface area contributed by atoms with Gasteiger partial charge in [0.05, 0.1) is 13.2 Å². The Morgan fingerprint density at radius 1 is 1.38 bits per heavy atom. The number of rotatable bonds is 8. The molecule has 0 aliphatic rings. The average Bonchev–Trinajstić information content (AvgIpc) is 2.42. The molecule has 1 aromatic rings. The second kappa shape index (κ2) is 9.33. The first-order valence-electron chi connectivity index (χ1n) is 7.12. The van der Waals surface area contributed by atoms with Gasteiger partial charge in [0.15, 0.2) is 0 Å². The molecule has 0 radical (unpaired) electrons. The summed E-state index contributed by atoms with van der Waals surface area (Å²) in [5, 5.41) is 5.52. The van der Waals surface area contributed by atoms with Crippen molar-refractivity contribution >= 4 is 11.7 Å². The lowest BCUT2D eigenvalue weighted by Gasteiger charge is -2.12. The molecule has 0 fully saturated rings. The normalized spacial score (nSPS) is 12.2. The number of hydrogen-bond acceptors (Lipinski definition) is 4. The van der Waals surface area contributed by atoms with E-state index in [2.05, 4.69) is 10.6 Å². The highest BCUT2D eigenvalue weighted by atomic mass is 16.5. The molecular formula is C15H26N4O2. The fourth-order valence-electron chi connectivity index (χ4n) is 1.66. The fourth-order valence-corrected chi connectivity index (χ4v) is 1.66. The number of likely N-dealkylation sites (N-methyl/N-ethyl adjacent to an activating group) is 1. The van der Waals surface area contributed by atoms with Crippen molar-refractivity contribution < 1.29 is 9.53 Å². The quantitative estimate of drug-likeness (QED) is 0.633. The zero-order chi connectivity index (χ0) is 15.7. The van der Waals surface area contributed by atoms with Crippen LogP contribution in [0.5, 0.6) is 0 Å². The van der Waals surface area contributed by atoms with Gasteiger partial charge in [-0.15, -0.1) is 0 Å². The summed E-state index contributed by atoms with van der Waals surface area (Å²) in [4.78, 5) is 13.8. The molecule has 0 saturated carbocycles. The van der Waals surface area contributed by atoms with Crippen LogP contribution in [0.2, 0.25) is 0 Å². The first-order valence-corrected chi connectivity index (χ1v) is 7.12. The summed E-state index contributed by atoms with van der Waals surface area (Å²) in [6.07, 6.45) is 0. The minimum absolute atomic E-state index is 0.0556. The zero-order valence-electron chi connectivity index (χ0n) is 13.1. The van der Waals surface area contributed by atoms with Gasteiger partial charge in [-0.3, -0.25) is 0 Å². The molecule has 0 bridgehead atoms. The van der Waals surface area contributed by atoms with Crippen molar-refractivity contribution in [3.05, 3.63) is 29.8 Å². The molecule has 21 heavy (non-hydrogen) atoms. The van der Waals surface area contributed by atoms with E-state index in [-0.39, 0.29) is 12.1 Å². The zero-order valence-corrected chi connectivity index (χ0v) is 13.1. The molecule has 6 heteroatoms. The number of nitrogens with zero attached hydrogens (tertiary/aromatic N) is 1. The van der Waals surface area contributed by atoms with Crippen LogP contribution in [-0.4, -0.2) is 51.3 Å².